The summed E-state index contributed by atoms with van der Waals surface area (Å²) in [5, 5.41) is 11.1. The van der Waals surface area contributed by atoms with Gasteiger partial charge in [-0.05, 0) is 26.2 Å². The van der Waals surface area contributed by atoms with E-state index in [2.05, 4.69) is 27.2 Å². The molecular formula is C18H22N4O. The van der Waals surface area contributed by atoms with Gasteiger partial charge in [0.05, 0.1) is 5.69 Å². The third-order valence-corrected chi connectivity index (χ3v) is 4.89. The summed E-state index contributed by atoms with van der Waals surface area (Å²) in [7, 11) is 0. The zero-order valence-electron chi connectivity index (χ0n) is 13.5. The van der Waals surface area contributed by atoms with E-state index in [1.165, 1.54) is 0 Å². The third kappa shape index (κ3) is 2.76. The summed E-state index contributed by atoms with van der Waals surface area (Å²) in [6.45, 7) is 5.41. The van der Waals surface area contributed by atoms with E-state index < -0.39 is 0 Å². The Kier molecular flexibility index (Phi) is 3.63. The minimum atomic E-state index is 0.307. The van der Waals surface area contributed by atoms with E-state index in [4.69, 9.17) is 0 Å². The molecule has 0 bridgehead atoms. The van der Waals surface area contributed by atoms with Gasteiger partial charge in [-0.1, -0.05) is 24.3 Å². The van der Waals surface area contributed by atoms with Gasteiger partial charge < -0.3 is 9.80 Å². The lowest BCUT2D eigenvalue weighted by molar-refractivity contribution is -0.132. The molecule has 1 aromatic heterocycles. The fourth-order valence-electron chi connectivity index (χ4n) is 3.40. The van der Waals surface area contributed by atoms with Crippen LogP contribution in [0.25, 0.3) is 10.8 Å². The largest absolute Gasteiger partial charge is 0.353 e. The van der Waals surface area contributed by atoms with Crippen LogP contribution in [-0.4, -0.2) is 47.2 Å². The maximum absolute atomic E-state index is 12.3. The topological polar surface area (TPSA) is 49.3 Å². The molecule has 5 nitrogen and oxygen atoms in total. The van der Waals surface area contributed by atoms with E-state index in [-0.39, 0.29) is 0 Å². The number of fused-ring (bicyclic) bond motifs is 1. The highest BCUT2D eigenvalue weighted by molar-refractivity contribution is 5.93. The van der Waals surface area contributed by atoms with Crippen LogP contribution in [0.2, 0.25) is 0 Å². The fraction of sp³-hybridized carbons (Fsp3) is 0.500. The Hall–Kier alpha value is -2.17. The molecule has 1 aromatic carbocycles. The number of amides is 1. The second kappa shape index (κ2) is 5.80. The Labute approximate surface area is 136 Å². The minimum Gasteiger partial charge on any atom is -0.353 e. The van der Waals surface area contributed by atoms with Crippen molar-refractivity contribution < 1.29 is 4.79 Å². The van der Waals surface area contributed by atoms with Gasteiger partial charge in [-0.25, -0.2) is 0 Å². The van der Waals surface area contributed by atoms with Crippen molar-refractivity contribution >= 4 is 22.5 Å². The molecule has 5 heteroatoms. The summed E-state index contributed by atoms with van der Waals surface area (Å²) in [4.78, 5) is 16.6. The number of carbonyl (C=O) groups excluding carboxylic acids is 1. The highest BCUT2D eigenvalue weighted by Crippen LogP contribution is 2.32. The zero-order chi connectivity index (χ0) is 15.8. The van der Waals surface area contributed by atoms with Crippen molar-refractivity contribution in [3.63, 3.8) is 0 Å². The van der Waals surface area contributed by atoms with Gasteiger partial charge in [-0.2, -0.15) is 5.10 Å². The Bertz CT molecular complexity index is 741. The van der Waals surface area contributed by atoms with Crippen molar-refractivity contribution in [2.24, 2.45) is 5.92 Å². The van der Waals surface area contributed by atoms with Crippen LogP contribution < -0.4 is 4.90 Å². The molecule has 1 saturated heterocycles. The van der Waals surface area contributed by atoms with Gasteiger partial charge in [-0.3, -0.25) is 4.79 Å². The Morgan fingerprint density at radius 3 is 2.61 bits per heavy atom. The second-order valence-corrected chi connectivity index (χ2v) is 6.59. The number of carbonyl (C=O) groups is 1. The van der Waals surface area contributed by atoms with Crippen LogP contribution in [0.5, 0.6) is 0 Å². The molecule has 4 rings (SSSR count). The number of aromatic nitrogens is 2. The zero-order valence-corrected chi connectivity index (χ0v) is 13.5. The minimum absolute atomic E-state index is 0.307. The number of aryl methyl sites for hydroxylation is 1. The third-order valence-electron chi connectivity index (χ3n) is 4.89. The normalized spacial score (nSPS) is 19.0. The molecule has 1 aliphatic carbocycles. The van der Waals surface area contributed by atoms with Crippen LogP contribution in [0.15, 0.2) is 24.3 Å². The molecule has 2 heterocycles. The van der Waals surface area contributed by atoms with Crippen LogP contribution in [0.3, 0.4) is 0 Å². The predicted molar refractivity (Wildman–Crippen MR) is 90.4 cm³/mol. The lowest BCUT2D eigenvalue weighted by Crippen LogP contribution is -2.36. The van der Waals surface area contributed by atoms with E-state index in [9.17, 15) is 4.79 Å². The summed E-state index contributed by atoms with van der Waals surface area (Å²) in [6, 6.07) is 8.31. The molecule has 2 fully saturated rings. The van der Waals surface area contributed by atoms with Crippen LogP contribution in [0.1, 0.15) is 25.0 Å². The number of rotatable bonds is 2. The first-order valence-corrected chi connectivity index (χ1v) is 8.50. The van der Waals surface area contributed by atoms with E-state index in [0.717, 1.165) is 67.7 Å². The average Bonchev–Trinajstić information content (AvgIpc) is 3.42. The van der Waals surface area contributed by atoms with Crippen molar-refractivity contribution in [1.82, 2.24) is 15.1 Å². The predicted octanol–water partition coefficient (Wildman–Crippen LogP) is 2.39. The molecule has 0 atom stereocenters. The van der Waals surface area contributed by atoms with Gasteiger partial charge in [-0.15, -0.1) is 5.10 Å². The van der Waals surface area contributed by atoms with E-state index in [0.29, 0.717) is 11.8 Å². The Balaban J connectivity index is 1.59. The maximum Gasteiger partial charge on any atom is 0.225 e. The van der Waals surface area contributed by atoms with Gasteiger partial charge >= 0.3 is 0 Å². The smallest absolute Gasteiger partial charge is 0.225 e. The summed E-state index contributed by atoms with van der Waals surface area (Å²) >= 11 is 0. The highest BCUT2D eigenvalue weighted by atomic mass is 16.2. The van der Waals surface area contributed by atoms with Crippen molar-refractivity contribution in [2.45, 2.75) is 26.2 Å². The maximum atomic E-state index is 12.3. The number of nitrogens with zero attached hydrogens (tertiary/aromatic N) is 4. The second-order valence-electron chi connectivity index (χ2n) is 6.59. The molecule has 1 aliphatic heterocycles. The lowest BCUT2D eigenvalue weighted by atomic mass is 10.1. The first kappa shape index (κ1) is 14.4. The first-order chi connectivity index (χ1) is 11.2. The van der Waals surface area contributed by atoms with E-state index in [1.807, 2.05) is 24.0 Å². The number of hydrogen-bond acceptors (Lipinski definition) is 4. The summed E-state index contributed by atoms with van der Waals surface area (Å²) in [5.74, 6) is 1.61. The van der Waals surface area contributed by atoms with E-state index in [1.54, 1.807) is 0 Å². The van der Waals surface area contributed by atoms with Gasteiger partial charge in [0, 0.05) is 42.9 Å². The van der Waals surface area contributed by atoms with Crippen LogP contribution in [0.4, 0.5) is 5.82 Å². The van der Waals surface area contributed by atoms with Gasteiger partial charge in [0.15, 0.2) is 5.82 Å². The average molecular weight is 310 g/mol. The van der Waals surface area contributed by atoms with Crippen molar-refractivity contribution in [3.8, 4) is 0 Å². The van der Waals surface area contributed by atoms with Crippen molar-refractivity contribution in [3.05, 3.63) is 30.0 Å². The van der Waals surface area contributed by atoms with Crippen LogP contribution in [-0.2, 0) is 4.79 Å². The van der Waals surface area contributed by atoms with Crippen LogP contribution >= 0.6 is 0 Å². The summed E-state index contributed by atoms with van der Waals surface area (Å²) < 4.78 is 0. The molecule has 2 aliphatic rings. The summed E-state index contributed by atoms with van der Waals surface area (Å²) in [6.07, 6.45) is 3.14. The quantitative estimate of drug-likeness (QED) is 0.854. The number of benzene rings is 1. The van der Waals surface area contributed by atoms with E-state index >= 15 is 0 Å². The molecule has 0 radical (unpaired) electrons. The molecule has 1 amide bonds. The first-order valence-electron chi connectivity index (χ1n) is 8.50. The fourth-order valence-corrected chi connectivity index (χ4v) is 3.40. The number of hydrogen-bond donors (Lipinski definition) is 0. The number of anilines is 1. The molecule has 2 aromatic rings. The molecule has 120 valence electrons. The Morgan fingerprint density at radius 1 is 1.04 bits per heavy atom. The Morgan fingerprint density at radius 2 is 1.83 bits per heavy atom. The summed E-state index contributed by atoms with van der Waals surface area (Å²) in [5.41, 5.74) is 0.963. The molecule has 0 N–H and O–H groups in total. The molecule has 23 heavy (non-hydrogen) atoms. The molecule has 0 unspecified atom stereocenters. The SMILES string of the molecule is Cc1nnc(N2CCCN(C(=O)C3CC3)CC2)c2ccccc12. The highest BCUT2D eigenvalue weighted by Gasteiger charge is 2.34. The van der Waals surface area contributed by atoms with Gasteiger partial charge in [0.25, 0.3) is 0 Å². The molecule has 1 saturated carbocycles. The molecule has 0 spiro atoms. The van der Waals surface area contributed by atoms with Crippen molar-refractivity contribution in [2.75, 3.05) is 31.1 Å². The van der Waals surface area contributed by atoms with Crippen molar-refractivity contribution in [1.29, 1.82) is 0 Å². The van der Waals surface area contributed by atoms with Crippen LogP contribution in [0, 0.1) is 12.8 Å². The van der Waals surface area contributed by atoms with Gasteiger partial charge in [0.1, 0.15) is 0 Å². The molecular weight excluding hydrogens is 288 g/mol. The lowest BCUT2D eigenvalue weighted by Gasteiger charge is -2.23. The van der Waals surface area contributed by atoms with Gasteiger partial charge in [0.2, 0.25) is 5.91 Å². The monoisotopic (exact) mass is 310 g/mol. The standard InChI is InChI=1S/C18H22N4O/c1-13-15-5-2-3-6-16(15)17(20-19-13)21-9-4-10-22(12-11-21)18(23)14-7-8-14/h2-3,5-6,14H,4,7-12H2,1H3.